The predicted molar refractivity (Wildman–Crippen MR) is 108 cm³/mol. The average Bonchev–Trinajstić information content (AvgIpc) is 3.06. The molecule has 0 spiro atoms. The summed E-state index contributed by atoms with van der Waals surface area (Å²) in [6, 6.07) is 0. The number of hydrogen-bond acceptors (Lipinski definition) is 12. The molecule has 1 aromatic heterocycles. The Balaban J connectivity index is 1.57. The van der Waals surface area contributed by atoms with Crippen LogP contribution in [0.1, 0.15) is 31.6 Å². The Labute approximate surface area is 191 Å². The molecule has 16 nitrogen and oxygen atoms in total. The molecule has 3 heterocycles. The van der Waals surface area contributed by atoms with Crippen LogP contribution in [0, 0.1) is 6.92 Å². The summed E-state index contributed by atoms with van der Waals surface area (Å²) in [6.07, 6.45) is -7.22. The molecule has 2 aliphatic heterocycles. The van der Waals surface area contributed by atoms with Crippen molar-refractivity contribution in [1.82, 2.24) is 9.55 Å². The maximum atomic E-state index is 12.1. The Morgan fingerprint density at radius 2 is 1.82 bits per heavy atom. The first-order chi connectivity index (χ1) is 15.7. The summed E-state index contributed by atoms with van der Waals surface area (Å²) in [5.74, 6) is -0.669. The van der Waals surface area contributed by atoms with Crippen molar-refractivity contribution in [2.24, 2.45) is 0 Å². The smallest absolute Gasteiger partial charge is 0.390 e. The summed E-state index contributed by atoms with van der Waals surface area (Å²) < 4.78 is 49.1. The summed E-state index contributed by atoms with van der Waals surface area (Å²) >= 11 is 0. The molecule has 2 aliphatic rings. The molecule has 8 atom stereocenters. The monoisotopic (exact) mass is 530 g/mol. The van der Waals surface area contributed by atoms with E-state index in [-0.39, 0.29) is 12.0 Å². The zero-order chi connectivity index (χ0) is 25.4. The van der Waals surface area contributed by atoms with Crippen LogP contribution in [-0.4, -0.2) is 72.6 Å². The number of rotatable bonds is 8. The number of carbonyl (C=O) groups excluding carboxylic acids is 1. The number of aryl methyl sites for hydroxylation is 1. The van der Waals surface area contributed by atoms with E-state index in [1.165, 1.54) is 20.0 Å². The Morgan fingerprint density at radius 3 is 2.47 bits per heavy atom. The van der Waals surface area contributed by atoms with Crippen molar-refractivity contribution in [2.75, 3.05) is 6.61 Å². The number of phosphoric acid groups is 2. The van der Waals surface area contributed by atoms with Crippen molar-refractivity contribution in [3.8, 4) is 0 Å². The SMILES string of the molecule is Cc1cn([C@H]2C[C@H](O)[C@@H](COP(=O)(O)OP(=O)(O)O[C@@H]3C[C@H](O)C(=O)[C@@H](C)O3)O2)c(=O)[nH]c1=O. The van der Waals surface area contributed by atoms with E-state index in [0.717, 1.165) is 4.57 Å². The standard InChI is InChI=1S/C16H24N2O14P2/c1-7-5-18(16(23)17-15(7)22)12-3-9(19)11(30-12)6-28-33(24,25)32-34(26,27)31-13-4-10(20)14(21)8(2)29-13/h5,8-13,19-20H,3-4,6H2,1-2H3,(H,24,25)(H,26,27)(H,17,22,23)/t8-,9+,10+,11-,12-,13-/m1/s1. The van der Waals surface area contributed by atoms with Gasteiger partial charge in [-0.3, -0.25) is 28.2 Å². The van der Waals surface area contributed by atoms with Gasteiger partial charge < -0.3 is 29.5 Å². The Hall–Kier alpha value is -1.55. The van der Waals surface area contributed by atoms with Crippen LogP contribution in [0.2, 0.25) is 0 Å². The topological polar surface area (TPSA) is 233 Å². The highest BCUT2D eigenvalue weighted by atomic mass is 31.3. The molecule has 5 N–H and O–H groups in total. The second kappa shape index (κ2) is 10.2. The zero-order valence-electron chi connectivity index (χ0n) is 17.9. The lowest BCUT2D eigenvalue weighted by Gasteiger charge is -2.30. The largest absolute Gasteiger partial charge is 0.483 e. The number of hydrogen-bond donors (Lipinski definition) is 5. The predicted octanol–water partition coefficient (Wildman–Crippen LogP) is -1.19. The van der Waals surface area contributed by atoms with Gasteiger partial charge in [-0.15, -0.1) is 0 Å². The Morgan fingerprint density at radius 1 is 1.15 bits per heavy atom. The Kier molecular flexibility index (Phi) is 8.12. The number of Topliss-reactive ketones (excluding diaryl/α,β-unsaturated/α-hetero) is 1. The van der Waals surface area contributed by atoms with Gasteiger partial charge in [-0.1, -0.05) is 0 Å². The number of aliphatic hydroxyl groups excluding tert-OH is 2. The van der Waals surface area contributed by atoms with Gasteiger partial charge in [0, 0.05) is 24.6 Å². The Bertz CT molecular complexity index is 1120. The number of H-pyrrole nitrogens is 1. The number of phosphoric ester groups is 2. The highest BCUT2D eigenvalue weighted by Gasteiger charge is 2.43. The van der Waals surface area contributed by atoms with E-state index >= 15 is 0 Å². The molecule has 1 aromatic rings. The molecule has 0 bridgehead atoms. The second-order valence-corrected chi connectivity index (χ2v) is 10.7. The molecular formula is C16H24N2O14P2. The molecule has 18 heteroatoms. The van der Waals surface area contributed by atoms with Crippen LogP contribution < -0.4 is 11.2 Å². The molecule has 0 saturated carbocycles. The number of carbonyl (C=O) groups is 1. The van der Waals surface area contributed by atoms with Crippen LogP contribution in [-0.2, 0) is 36.8 Å². The summed E-state index contributed by atoms with van der Waals surface area (Å²) in [6.45, 7) is 1.94. The van der Waals surface area contributed by atoms with Gasteiger partial charge in [0.25, 0.3) is 5.56 Å². The zero-order valence-corrected chi connectivity index (χ0v) is 19.7. The minimum absolute atomic E-state index is 0.129. The van der Waals surface area contributed by atoms with E-state index in [2.05, 4.69) is 18.3 Å². The van der Waals surface area contributed by atoms with Crippen LogP contribution in [0.15, 0.2) is 15.8 Å². The molecule has 2 fully saturated rings. The third-order valence-electron chi connectivity index (χ3n) is 5.02. The van der Waals surface area contributed by atoms with Crippen LogP contribution >= 0.6 is 15.6 Å². The summed E-state index contributed by atoms with van der Waals surface area (Å²) in [4.78, 5) is 56.6. The lowest BCUT2D eigenvalue weighted by Crippen LogP contribution is -2.43. The molecule has 0 amide bonds. The minimum atomic E-state index is -5.28. The second-order valence-electron chi connectivity index (χ2n) is 7.69. The number of aliphatic hydroxyl groups is 2. The van der Waals surface area contributed by atoms with Crippen LogP contribution in [0.5, 0.6) is 0 Å². The van der Waals surface area contributed by atoms with Gasteiger partial charge in [0.15, 0.2) is 12.1 Å². The molecule has 2 unspecified atom stereocenters. The molecule has 0 aromatic carbocycles. The van der Waals surface area contributed by atoms with Gasteiger partial charge in [0.1, 0.15) is 24.5 Å². The first-order valence-electron chi connectivity index (χ1n) is 9.90. The molecule has 3 rings (SSSR count). The highest BCUT2D eigenvalue weighted by Crippen LogP contribution is 2.61. The fraction of sp³-hybridized carbons (Fsp3) is 0.688. The van der Waals surface area contributed by atoms with E-state index in [4.69, 9.17) is 9.47 Å². The molecule has 34 heavy (non-hydrogen) atoms. The summed E-state index contributed by atoms with van der Waals surface area (Å²) in [7, 11) is -10.5. The lowest BCUT2D eigenvalue weighted by atomic mass is 10.1. The highest BCUT2D eigenvalue weighted by molar-refractivity contribution is 7.61. The fourth-order valence-corrected chi connectivity index (χ4v) is 5.47. The number of ether oxygens (including phenoxy) is 2. The maximum Gasteiger partial charge on any atom is 0.483 e. The first kappa shape index (κ1) is 27.0. The number of nitrogens with one attached hydrogen (secondary N) is 1. The van der Waals surface area contributed by atoms with Crippen molar-refractivity contribution in [3.05, 3.63) is 32.6 Å². The van der Waals surface area contributed by atoms with Gasteiger partial charge in [-0.2, -0.15) is 4.31 Å². The number of ketones is 1. The fourth-order valence-electron chi connectivity index (χ4n) is 3.31. The van der Waals surface area contributed by atoms with E-state index in [1.54, 1.807) is 0 Å². The van der Waals surface area contributed by atoms with Gasteiger partial charge in [0.2, 0.25) is 0 Å². The van der Waals surface area contributed by atoms with Gasteiger partial charge >= 0.3 is 21.3 Å². The summed E-state index contributed by atoms with van der Waals surface area (Å²) in [5, 5.41) is 19.8. The van der Waals surface area contributed by atoms with Gasteiger partial charge in [0.05, 0.1) is 12.7 Å². The van der Waals surface area contributed by atoms with Gasteiger partial charge in [-0.05, 0) is 13.8 Å². The quantitative estimate of drug-likeness (QED) is 0.249. The number of aromatic amines is 1. The normalized spacial score (nSPS) is 33.4. The molecule has 0 aliphatic carbocycles. The average molecular weight is 530 g/mol. The maximum absolute atomic E-state index is 12.1. The molecular weight excluding hydrogens is 506 g/mol. The van der Waals surface area contributed by atoms with Crippen molar-refractivity contribution in [1.29, 1.82) is 0 Å². The van der Waals surface area contributed by atoms with Crippen LogP contribution in [0.25, 0.3) is 0 Å². The van der Waals surface area contributed by atoms with E-state index in [1.807, 2.05) is 0 Å². The van der Waals surface area contributed by atoms with Crippen LogP contribution in [0.3, 0.4) is 0 Å². The molecule has 192 valence electrons. The summed E-state index contributed by atoms with van der Waals surface area (Å²) in [5.41, 5.74) is -1.18. The molecule has 2 saturated heterocycles. The lowest BCUT2D eigenvalue weighted by molar-refractivity contribution is -0.185. The number of aromatic nitrogens is 2. The van der Waals surface area contributed by atoms with Crippen molar-refractivity contribution < 1.29 is 56.8 Å². The van der Waals surface area contributed by atoms with Crippen molar-refractivity contribution in [3.63, 3.8) is 0 Å². The van der Waals surface area contributed by atoms with E-state index < -0.39 is 82.6 Å². The number of nitrogens with zero attached hydrogens (tertiary/aromatic N) is 1. The van der Waals surface area contributed by atoms with Crippen LogP contribution in [0.4, 0.5) is 0 Å². The third kappa shape index (κ3) is 6.56. The first-order valence-corrected chi connectivity index (χ1v) is 12.9. The third-order valence-corrected chi connectivity index (χ3v) is 7.65. The minimum Gasteiger partial charge on any atom is -0.390 e. The van der Waals surface area contributed by atoms with E-state index in [0.29, 0.717) is 0 Å². The van der Waals surface area contributed by atoms with E-state index in [9.17, 15) is 43.5 Å². The van der Waals surface area contributed by atoms with Crippen molar-refractivity contribution >= 4 is 21.4 Å². The van der Waals surface area contributed by atoms with Gasteiger partial charge in [-0.25, -0.2) is 13.9 Å². The molecule has 0 radical (unpaired) electrons. The van der Waals surface area contributed by atoms with Crippen molar-refractivity contribution in [2.45, 2.75) is 63.6 Å².